The van der Waals surface area contributed by atoms with E-state index in [4.69, 9.17) is 0 Å². The maximum atomic E-state index is 13.0. The van der Waals surface area contributed by atoms with Crippen LogP contribution in [0.15, 0.2) is 78.9 Å². The van der Waals surface area contributed by atoms with Crippen LogP contribution in [0.3, 0.4) is 0 Å². The average Bonchev–Trinajstić information content (AvgIpc) is 2.84. The van der Waals surface area contributed by atoms with Crippen LogP contribution < -0.4 is 14.8 Å². The first-order valence-corrected chi connectivity index (χ1v) is 11.3. The Hall–Kier alpha value is -3.94. The number of nitrogens with one attached hydrogen (secondary N) is 1. The zero-order valence-corrected chi connectivity index (χ0v) is 20.1. The van der Waals surface area contributed by atoms with E-state index >= 15 is 0 Å². The van der Waals surface area contributed by atoms with E-state index in [0.717, 1.165) is 36.4 Å². The molecular weight excluding hydrogens is 561 g/mol. The molecule has 0 aliphatic rings. The molecule has 0 heterocycles. The molecule has 0 saturated heterocycles. The lowest BCUT2D eigenvalue weighted by molar-refractivity contribution is -0.275. The first-order valence-electron chi connectivity index (χ1n) is 11.3. The SMILES string of the molecule is O=C(NCC(Cc1ccccc1)(c1cccc(OC(F)(F)F)c1)c1cccc(OC(F)(F)F)c1)[C@H](O)C(F)(F)F. The molecule has 0 fully saturated rings. The van der Waals surface area contributed by atoms with Crippen LogP contribution in [0.4, 0.5) is 39.5 Å². The number of carbonyl (C=O) groups is 1. The van der Waals surface area contributed by atoms with E-state index in [2.05, 4.69) is 9.47 Å². The van der Waals surface area contributed by atoms with E-state index in [0.29, 0.717) is 5.56 Å². The van der Waals surface area contributed by atoms with Crippen molar-refractivity contribution in [2.75, 3.05) is 6.54 Å². The Labute approximate surface area is 221 Å². The monoisotopic (exact) mass is 581 g/mol. The van der Waals surface area contributed by atoms with Crippen LogP contribution in [0.5, 0.6) is 11.5 Å². The second-order valence-corrected chi connectivity index (χ2v) is 8.56. The summed E-state index contributed by atoms with van der Waals surface area (Å²) in [5.41, 5.74) is -1.47. The summed E-state index contributed by atoms with van der Waals surface area (Å²) in [6, 6.07) is 16.4. The van der Waals surface area contributed by atoms with Gasteiger partial charge in [0.1, 0.15) is 11.5 Å². The first kappa shape index (κ1) is 30.6. The highest BCUT2D eigenvalue weighted by molar-refractivity contribution is 5.81. The van der Waals surface area contributed by atoms with E-state index < -0.39 is 54.4 Å². The van der Waals surface area contributed by atoms with E-state index in [1.54, 1.807) is 30.3 Å². The number of aliphatic hydroxyl groups excluding tert-OH is 1. The quantitative estimate of drug-likeness (QED) is 0.302. The third-order valence-corrected chi connectivity index (χ3v) is 5.71. The summed E-state index contributed by atoms with van der Waals surface area (Å²) in [4.78, 5) is 12.2. The van der Waals surface area contributed by atoms with Gasteiger partial charge >= 0.3 is 18.9 Å². The fraction of sp³-hybridized carbons (Fsp3) is 0.269. The van der Waals surface area contributed by atoms with Gasteiger partial charge in [0.15, 0.2) is 0 Å². The van der Waals surface area contributed by atoms with Crippen LogP contribution >= 0.6 is 0 Å². The van der Waals surface area contributed by atoms with Gasteiger partial charge in [0.2, 0.25) is 6.10 Å². The second kappa shape index (κ2) is 11.7. The molecule has 1 amide bonds. The largest absolute Gasteiger partial charge is 0.573 e. The molecule has 0 aromatic heterocycles. The van der Waals surface area contributed by atoms with Crippen molar-refractivity contribution in [1.82, 2.24) is 5.32 Å². The molecule has 3 aromatic carbocycles. The molecule has 0 bridgehead atoms. The predicted molar refractivity (Wildman–Crippen MR) is 122 cm³/mol. The highest BCUT2D eigenvalue weighted by atomic mass is 19.4. The first-order chi connectivity index (χ1) is 18.5. The molecule has 14 heteroatoms. The highest BCUT2D eigenvalue weighted by Crippen LogP contribution is 2.40. The van der Waals surface area contributed by atoms with Gasteiger partial charge < -0.3 is 19.9 Å². The number of halogens is 9. The summed E-state index contributed by atoms with van der Waals surface area (Å²) in [5.74, 6) is -3.34. The van der Waals surface area contributed by atoms with Gasteiger partial charge in [-0.25, -0.2) is 0 Å². The Bertz CT molecular complexity index is 1230. The van der Waals surface area contributed by atoms with Crippen molar-refractivity contribution < 1.29 is 58.9 Å². The number of hydrogen-bond acceptors (Lipinski definition) is 4. The minimum absolute atomic E-state index is 0.0657. The van der Waals surface area contributed by atoms with E-state index in [1.165, 1.54) is 12.1 Å². The minimum Gasteiger partial charge on any atom is -0.406 e. The number of rotatable bonds is 9. The van der Waals surface area contributed by atoms with Gasteiger partial charge in [-0.05, 0) is 47.4 Å². The molecule has 2 N–H and O–H groups in total. The Morgan fingerprint density at radius 3 is 1.62 bits per heavy atom. The number of alkyl halides is 9. The molecule has 5 nitrogen and oxygen atoms in total. The molecular formula is C26H20F9NO4. The van der Waals surface area contributed by atoms with Gasteiger partial charge in [0.05, 0.1) is 0 Å². The van der Waals surface area contributed by atoms with Crippen LogP contribution in [-0.2, 0) is 16.6 Å². The van der Waals surface area contributed by atoms with Crippen molar-refractivity contribution in [2.24, 2.45) is 0 Å². The molecule has 0 spiro atoms. The minimum atomic E-state index is -5.34. The fourth-order valence-corrected chi connectivity index (χ4v) is 4.05. The number of amides is 1. The summed E-state index contributed by atoms with van der Waals surface area (Å²) in [6.45, 7) is -0.793. The van der Waals surface area contributed by atoms with E-state index in [-0.39, 0.29) is 17.5 Å². The van der Waals surface area contributed by atoms with Gasteiger partial charge in [-0.3, -0.25) is 4.79 Å². The Kier molecular flexibility index (Phi) is 8.92. The van der Waals surface area contributed by atoms with Gasteiger partial charge in [-0.1, -0.05) is 54.6 Å². The van der Waals surface area contributed by atoms with Crippen molar-refractivity contribution in [3.63, 3.8) is 0 Å². The topological polar surface area (TPSA) is 67.8 Å². The van der Waals surface area contributed by atoms with Crippen LogP contribution in [0.2, 0.25) is 0 Å². The Morgan fingerprint density at radius 1 is 0.725 bits per heavy atom. The molecule has 0 radical (unpaired) electrons. The molecule has 40 heavy (non-hydrogen) atoms. The van der Waals surface area contributed by atoms with Crippen molar-refractivity contribution in [3.05, 3.63) is 95.6 Å². The molecule has 216 valence electrons. The van der Waals surface area contributed by atoms with E-state index in [9.17, 15) is 49.4 Å². The summed E-state index contributed by atoms with van der Waals surface area (Å²) >= 11 is 0. The van der Waals surface area contributed by atoms with Crippen LogP contribution in [-0.4, -0.2) is 42.6 Å². The number of carbonyl (C=O) groups excluding carboxylic acids is 1. The van der Waals surface area contributed by atoms with Crippen molar-refractivity contribution in [3.8, 4) is 11.5 Å². The van der Waals surface area contributed by atoms with Gasteiger partial charge in [-0.15, -0.1) is 26.3 Å². The lowest BCUT2D eigenvalue weighted by Crippen LogP contribution is -2.49. The van der Waals surface area contributed by atoms with Gasteiger partial charge in [0.25, 0.3) is 5.91 Å². The zero-order chi connectivity index (χ0) is 29.8. The standard InChI is InChI=1S/C26H20F9NO4/c27-24(28,29)21(37)22(38)36-15-23(14-16-6-2-1-3-7-16,17-8-4-10-19(12-17)39-25(30,31)32)18-9-5-11-20(13-18)40-26(33,34)35/h1-13,21,37H,14-15H2,(H,36,38)/t21-/m0/s1. The number of ether oxygens (including phenoxy) is 2. The van der Waals surface area contributed by atoms with Gasteiger partial charge in [-0.2, -0.15) is 13.2 Å². The molecule has 3 aromatic rings. The maximum absolute atomic E-state index is 13.0. The Balaban J connectivity index is 2.23. The highest BCUT2D eigenvalue weighted by Gasteiger charge is 2.45. The third kappa shape index (κ3) is 8.28. The average molecular weight is 581 g/mol. The zero-order valence-electron chi connectivity index (χ0n) is 20.1. The number of aliphatic hydroxyl groups is 1. The lowest BCUT2D eigenvalue weighted by atomic mass is 9.70. The summed E-state index contributed by atoms with van der Waals surface area (Å²) in [6.07, 6.45) is -19.3. The van der Waals surface area contributed by atoms with Crippen LogP contribution in [0.25, 0.3) is 0 Å². The Morgan fingerprint density at radius 2 is 1.20 bits per heavy atom. The summed E-state index contributed by atoms with van der Waals surface area (Å²) in [5, 5.41) is 11.3. The molecule has 3 rings (SSSR count). The molecule has 1 atom stereocenters. The molecule has 0 aliphatic heterocycles. The smallest absolute Gasteiger partial charge is 0.406 e. The molecule has 0 unspecified atom stereocenters. The molecule has 0 saturated carbocycles. The van der Waals surface area contributed by atoms with E-state index in [1.807, 2.05) is 5.32 Å². The van der Waals surface area contributed by atoms with Crippen molar-refractivity contribution in [2.45, 2.75) is 36.8 Å². The third-order valence-electron chi connectivity index (χ3n) is 5.71. The summed E-state index contributed by atoms with van der Waals surface area (Å²) in [7, 11) is 0. The molecule has 0 aliphatic carbocycles. The normalized spacial score (nSPS) is 13.4. The van der Waals surface area contributed by atoms with Gasteiger partial charge in [0, 0.05) is 12.0 Å². The number of benzene rings is 3. The second-order valence-electron chi connectivity index (χ2n) is 8.56. The predicted octanol–water partition coefficient (Wildman–Crippen LogP) is 6.05. The summed E-state index contributed by atoms with van der Waals surface area (Å²) < 4.78 is 125. The van der Waals surface area contributed by atoms with Crippen LogP contribution in [0.1, 0.15) is 16.7 Å². The fourth-order valence-electron chi connectivity index (χ4n) is 4.05. The van der Waals surface area contributed by atoms with Crippen molar-refractivity contribution in [1.29, 1.82) is 0 Å². The number of hydrogen-bond donors (Lipinski definition) is 2. The maximum Gasteiger partial charge on any atom is 0.573 e. The van der Waals surface area contributed by atoms with Crippen molar-refractivity contribution >= 4 is 5.91 Å². The van der Waals surface area contributed by atoms with Crippen LogP contribution in [0, 0.1) is 0 Å². The lowest BCUT2D eigenvalue weighted by Gasteiger charge is -2.36.